The molecular weight excluding hydrogens is 408 g/mol. The third-order valence-corrected chi connectivity index (χ3v) is 4.27. The summed E-state index contributed by atoms with van der Waals surface area (Å²) < 4.78 is 20.7. The minimum atomic E-state index is -0.833. The number of hydrogen-bond donors (Lipinski definition) is 0. The fourth-order valence-corrected chi connectivity index (χ4v) is 3.24. The molecule has 1 fully saturated rings. The molecule has 0 aromatic rings. The number of likely N-dealkylation sites (tertiary alicyclic amines) is 1. The van der Waals surface area contributed by atoms with E-state index in [1.54, 1.807) is 48.5 Å². The highest BCUT2D eigenvalue weighted by Gasteiger charge is 2.45. The second-order valence-electron chi connectivity index (χ2n) is 9.32. The molecular formula is C21H36N2O8. The first kappa shape index (κ1) is 26.5. The largest absolute Gasteiger partial charge is 0.464 e. The Kier molecular flexibility index (Phi) is 9.13. The molecule has 0 radical (unpaired) electrons. The summed E-state index contributed by atoms with van der Waals surface area (Å²) in [6.45, 7) is 11.8. The van der Waals surface area contributed by atoms with Gasteiger partial charge in [0, 0.05) is 6.54 Å². The standard InChI is InChI=1S/C21H36N2O8/c1-9-29-17(25)15-11-10-14(23(15)19(27)31-21(5,6)7)12-22(18(26)28-8)13-16(24)30-20(2,3)4/h14-15H,9-13H2,1-8H3. The zero-order chi connectivity index (χ0) is 24.0. The number of nitrogens with zero attached hydrogens (tertiary/aromatic N) is 2. The van der Waals surface area contributed by atoms with Crippen LogP contribution >= 0.6 is 0 Å². The first-order chi connectivity index (χ1) is 14.2. The van der Waals surface area contributed by atoms with Gasteiger partial charge in [0.1, 0.15) is 23.8 Å². The summed E-state index contributed by atoms with van der Waals surface area (Å²) in [7, 11) is 1.20. The van der Waals surface area contributed by atoms with Crippen LogP contribution in [0.15, 0.2) is 0 Å². The van der Waals surface area contributed by atoms with E-state index in [0.29, 0.717) is 12.8 Å². The molecule has 10 nitrogen and oxygen atoms in total. The zero-order valence-corrected chi connectivity index (χ0v) is 19.9. The predicted octanol–water partition coefficient (Wildman–Crippen LogP) is 2.73. The van der Waals surface area contributed by atoms with Crippen LogP contribution in [0.25, 0.3) is 0 Å². The Balaban J connectivity index is 3.08. The van der Waals surface area contributed by atoms with Crippen LogP contribution in [0.4, 0.5) is 9.59 Å². The smallest absolute Gasteiger partial charge is 0.411 e. The number of hydrogen-bond acceptors (Lipinski definition) is 8. The molecule has 0 saturated carbocycles. The van der Waals surface area contributed by atoms with E-state index in [1.807, 2.05) is 0 Å². The van der Waals surface area contributed by atoms with Crippen LogP contribution in [0.3, 0.4) is 0 Å². The minimum Gasteiger partial charge on any atom is -0.464 e. The maximum Gasteiger partial charge on any atom is 0.411 e. The topological polar surface area (TPSA) is 112 Å². The van der Waals surface area contributed by atoms with Gasteiger partial charge in [0.25, 0.3) is 0 Å². The van der Waals surface area contributed by atoms with Gasteiger partial charge in [0.2, 0.25) is 0 Å². The summed E-state index contributed by atoms with van der Waals surface area (Å²) in [6.07, 6.45) is -0.654. The second kappa shape index (κ2) is 10.7. The van der Waals surface area contributed by atoms with Crippen LogP contribution in [-0.4, -0.2) is 84.0 Å². The van der Waals surface area contributed by atoms with E-state index in [-0.39, 0.29) is 19.7 Å². The van der Waals surface area contributed by atoms with Gasteiger partial charge >= 0.3 is 24.1 Å². The number of carbonyl (C=O) groups excluding carboxylic acids is 4. The predicted molar refractivity (Wildman–Crippen MR) is 111 cm³/mol. The quantitative estimate of drug-likeness (QED) is 0.454. The molecule has 178 valence electrons. The van der Waals surface area contributed by atoms with Gasteiger partial charge in [0.05, 0.1) is 19.8 Å². The molecule has 1 rings (SSSR count). The zero-order valence-electron chi connectivity index (χ0n) is 19.9. The molecule has 0 aromatic carbocycles. The van der Waals surface area contributed by atoms with Gasteiger partial charge in [-0.1, -0.05) is 0 Å². The summed E-state index contributed by atoms with van der Waals surface area (Å²) in [5.41, 5.74) is -1.49. The van der Waals surface area contributed by atoms with Crippen molar-refractivity contribution in [2.24, 2.45) is 0 Å². The average Bonchev–Trinajstić information content (AvgIpc) is 3.01. The molecule has 0 bridgehead atoms. The van der Waals surface area contributed by atoms with Crippen molar-refractivity contribution in [2.75, 3.05) is 26.8 Å². The molecule has 0 spiro atoms. The Labute approximate surface area is 184 Å². The third-order valence-electron chi connectivity index (χ3n) is 4.27. The molecule has 10 heteroatoms. The Morgan fingerprint density at radius 3 is 2.03 bits per heavy atom. The van der Waals surface area contributed by atoms with Gasteiger partial charge in [-0.15, -0.1) is 0 Å². The lowest BCUT2D eigenvalue weighted by Crippen LogP contribution is -2.52. The van der Waals surface area contributed by atoms with Crippen LogP contribution in [0.1, 0.15) is 61.3 Å². The SMILES string of the molecule is CCOC(=O)C1CCC(CN(CC(=O)OC(C)(C)C)C(=O)OC)N1C(=O)OC(C)(C)C. The number of amides is 2. The number of rotatable bonds is 6. The summed E-state index contributed by atoms with van der Waals surface area (Å²) >= 11 is 0. The van der Waals surface area contributed by atoms with Crippen molar-refractivity contribution in [3.8, 4) is 0 Å². The molecule has 0 aromatic heterocycles. The number of methoxy groups -OCH3 is 1. The Bertz CT molecular complexity index is 665. The summed E-state index contributed by atoms with van der Waals surface area (Å²) in [6, 6.07) is -1.40. The van der Waals surface area contributed by atoms with E-state index in [0.717, 1.165) is 4.90 Å². The summed E-state index contributed by atoms with van der Waals surface area (Å²) in [5.74, 6) is -1.14. The molecule has 0 N–H and O–H groups in total. The molecule has 2 atom stereocenters. The number of esters is 2. The Morgan fingerprint density at radius 2 is 1.55 bits per heavy atom. The second-order valence-corrected chi connectivity index (χ2v) is 9.32. The molecule has 2 unspecified atom stereocenters. The lowest BCUT2D eigenvalue weighted by molar-refractivity contribution is -0.156. The van der Waals surface area contributed by atoms with Crippen LogP contribution in [0, 0.1) is 0 Å². The van der Waals surface area contributed by atoms with Crippen LogP contribution in [0.5, 0.6) is 0 Å². The molecule has 1 aliphatic rings. The van der Waals surface area contributed by atoms with Crippen molar-refractivity contribution in [2.45, 2.75) is 84.6 Å². The van der Waals surface area contributed by atoms with Gasteiger partial charge in [-0.3, -0.25) is 14.6 Å². The third kappa shape index (κ3) is 8.63. The highest BCUT2D eigenvalue weighted by molar-refractivity contribution is 5.83. The van der Waals surface area contributed by atoms with Crippen molar-refractivity contribution >= 4 is 24.1 Å². The first-order valence-corrected chi connectivity index (χ1v) is 10.4. The Hall–Kier alpha value is -2.52. The molecule has 1 aliphatic heterocycles. The summed E-state index contributed by atoms with van der Waals surface area (Å²) in [5, 5.41) is 0. The fraction of sp³-hybridized carbons (Fsp3) is 0.810. The highest BCUT2D eigenvalue weighted by atomic mass is 16.6. The van der Waals surface area contributed by atoms with Gasteiger partial charge in [0.15, 0.2) is 0 Å². The van der Waals surface area contributed by atoms with Crippen molar-refractivity contribution in [1.82, 2.24) is 9.80 Å². The van der Waals surface area contributed by atoms with Crippen LogP contribution < -0.4 is 0 Å². The lowest BCUT2D eigenvalue weighted by atomic mass is 10.2. The van der Waals surface area contributed by atoms with E-state index in [1.165, 1.54) is 12.0 Å². The van der Waals surface area contributed by atoms with E-state index in [9.17, 15) is 19.2 Å². The number of ether oxygens (including phenoxy) is 4. The average molecular weight is 445 g/mol. The van der Waals surface area contributed by atoms with Crippen molar-refractivity contribution in [3.05, 3.63) is 0 Å². The van der Waals surface area contributed by atoms with Crippen molar-refractivity contribution in [1.29, 1.82) is 0 Å². The maximum atomic E-state index is 12.9. The van der Waals surface area contributed by atoms with E-state index in [4.69, 9.17) is 18.9 Å². The molecule has 1 heterocycles. The van der Waals surface area contributed by atoms with Crippen LogP contribution in [-0.2, 0) is 28.5 Å². The molecule has 1 saturated heterocycles. The maximum absolute atomic E-state index is 12.9. The van der Waals surface area contributed by atoms with Gasteiger partial charge in [-0.2, -0.15) is 0 Å². The fourth-order valence-electron chi connectivity index (χ4n) is 3.24. The van der Waals surface area contributed by atoms with Crippen LogP contribution in [0.2, 0.25) is 0 Å². The normalized spacial score (nSPS) is 18.9. The van der Waals surface area contributed by atoms with Gasteiger partial charge in [-0.05, 0) is 61.3 Å². The van der Waals surface area contributed by atoms with Gasteiger partial charge in [-0.25, -0.2) is 14.4 Å². The monoisotopic (exact) mass is 444 g/mol. The van der Waals surface area contributed by atoms with Crippen molar-refractivity contribution < 1.29 is 38.1 Å². The van der Waals surface area contributed by atoms with E-state index < -0.39 is 47.4 Å². The summed E-state index contributed by atoms with van der Waals surface area (Å²) in [4.78, 5) is 52.3. The highest BCUT2D eigenvalue weighted by Crippen LogP contribution is 2.28. The van der Waals surface area contributed by atoms with Crippen molar-refractivity contribution in [3.63, 3.8) is 0 Å². The Morgan fingerprint density at radius 1 is 0.968 bits per heavy atom. The van der Waals surface area contributed by atoms with E-state index >= 15 is 0 Å². The van der Waals surface area contributed by atoms with E-state index in [2.05, 4.69) is 0 Å². The molecule has 31 heavy (non-hydrogen) atoms. The minimum absolute atomic E-state index is 0.0267. The first-order valence-electron chi connectivity index (χ1n) is 10.4. The molecule has 2 amide bonds. The lowest BCUT2D eigenvalue weighted by Gasteiger charge is -2.34. The molecule has 0 aliphatic carbocycles. The number of carbonyl (C=O) groups is 4. The van der Waals surface area contributed by atoms with Gasteiger partial charge < -0.3 is 18.9 Å².